The van der Waals surface area contributed by atoms with E-state index in [1.54, 1.807) is 10.4 Å². The lowest BCUT2D eigenvalue weighted by Crippen LogP contribution is -2.71. The molecule has 1 heterocycles. The number of benzene rings is 2. The molecule has 0 aromatic heterocycles. The maximum absolute atomic E-state index is 2.60. The van der Waals surface area contributed by atoms with Crippen LogP contribution in [-0.2, 0) is 0 Å². The highest BCUT2D eigenvalue weighted by atomic mass is 28.5. The highest BCUT2D eigenvalue weighted by Crippen LogP contribution is 2.40. The molecule has 1 saturated heterocycles. The molecule has 2 heteroatoms. The fourth-order valence-corrected chi connectivity index (χ4v) is 24.0. The van der Waals surface area contributed by atoms with Crippen LogP contribution in [-0.4, -0.2) is 16.1 Å². The summed E-state index contributed by atoms with van der Waals surface area (Å²) in [6.45, 7) is 9.78. The van der Waals surface area contributed by atoms with Crippen molar-refractivity contribution in [3.63, 3.8) is 0 Å². The average molecular weight is 297 g/mol. The van der Waals surface area contributed by atoms with Gasteiger partial charge in [-0.3, -0.25) is 0 Å². The zero-order chi connectivity index (χ0) is 14.4. The molecule has 1 aliphatic heterocycles. The molecule has 0 spiro atoms. The molecule has 1 fully saturated rings. The molecule has 0 N–H and O–H groups in total. The van der Waals surface area contributed by atoms with E-state index in [0.29, 0.717) is 0 Å². The van der Waals surface area contributed by atoms with Gasteiger partial charge in [0.2, 0.25) is 0 Å². The van der Waals surface area contributed by atoms with Gasteiger partial charge in [-0.2, -0.15) is 0 Å². The van der Waals surface area contributed by atoms with Crippen LogP contribution in [0.2, 0.25) is 24.4 Å². The van der Waals surface area contributed by atoms with Crippen LogP contribution in [0.15, 0.2) is 48.5 Å². The summed E-state index contributed by atoms with van der Waals surface area (Å²) in [5.41, 5.74) is 6.08. The second-order valence-corrected chi connectivity index (χ2v) is 17.3. The third-order valence-corrected chi connectivity index (χ3v) is 21.4. The van der Waals surface area contributed by atoms with Gasteiger partial charge in [0.1, 0.15) is 0 Å². The first-order valence-electron chi connectivity index (χ1n) is 7.57. The van der Waals surface area contributed by atoms with Crippen LogP contribution in [0.3, 0.4) is 0 Å². The van der Waals surface area contributed by atoms with Crippen molar-refractivity contribution in [1.82, 2.24) is 0 Å². The summed E-state index contributed by atoms with van der Waals surface area (Å²) < 4.78 is 0. The minimum absolute atomic E-state index is 1.20. The molecule has 0 bridgehead atoms. The number of hydrogen-bond donors (Lipinski definition) is 0. The second kappa shape index (κ2) is 4.71. The normalized spacial score (nSPS) is 29.0. The van der Waals surface area contributed by atoms with E-state index in [-0.39, 0.29) is 0 Å². The largest absolute Gasteiger partial charge is 0.0795 e. The average Bonchev–Trinajstić information content (AvgIpc) is 2.37. The Balaban J connectivity index is 1.91. The highest BCUT2D eigenvalue weighted by Gasteiger charge is 2.54. The minimum Gasteiger partial charge on any atom is -0.0656 e. The quantitative estimate of drug-likeness (QED) is 0.742. The zero-order valence-corrected chi connectivity index (χ0v) is 15.0. The van der Waals surface area contributed by atoms with Crippen LogP contribution in [0.4, 0.5) is 0 Å². The Labute approximate surface area is 124 Å². The monoisotopic (exact) mass is 296 g/mol. The van der Waals surface area contributed by atoms with Gasteiger partial charge < -0.3 is 0 Å². The highest BCUT2D eigenvalue weighted by molar-refractivity contribution is 7.22. The van der Waals surface area contributed by atoms with Crippen LogP contribution >= 0.6 is 0 Å². The van der Waals surface area contributed by atoms with Gasteiger partial charge in [-0.15, -0.1) is 0 Å². The fraction of sp³-hybridized carbons (Fsp3) is 0.333. The molecule has 3 rings (SSSR count). The standard InChI is InChI=1S/C18H24Si2/c1-15-9-5-7-11-17(15)19(3)13-20(4,14-19)18-12-8-6-10-16(18)2/h5-12H,13-14H2,1-4H3. The van der Waals surface area contributed by atoms with E-state index < -0.39 is 16.1 Å². The molecule has 1 aliphatic rings. The van der Waals surface area contributed by atoms with E-state index in [4.69, 9.17) is 0 Å². The molecule has 0 saturated carbocycles. The van der Waals surface area contributed by atoms with Crippen molar-refractivity contribution in [3.05, 3.63) is 59.7 Å². The first-order valence-corrected chi connectivity index (χ1v) is 13.4. The smallest absolute Gasteiger partial charge is 0.0656 e. The van der Waals surface area contributed by atoms with Gasteiger partial charge in [0.15, 0.2) is 0 Å². The molecule has 0 amide bonds. The summed E-state index contributed by atoms with van der Waals surface area (Å²) in [4.78, 5) is 0. The number of rotatable bonds is 2. The first kappa shape index (κ1) is 13.8. The van der Waals surface area contributed by atoms with Crippen LogP contribution in [0.25, 0.3) is 0 Å². The molecule has 104 valence electrons. The summed E-state index contributed by atoms with van der Waals surface area (Å²) in [6.07, 6.45) is 0. The van der Waals surface area contributed by atoms with Gasteiger partial charge >= 0.3 is 0 Å². The maximum atomic E-state index is 2.60. The topological polar surface area (TPSA) is 0 Å². The lowest BCUT2D eigenvalue weighted by atomic mass is 10.2. The van der Waals surface area contributed by atoms with Gasteiger partial charge in [0.25, 0.3) is 0 Å². The molecular weight excluding hydrogens is 272 g/mol. The molecule has 2 aromatic carbocycles. The van der Waals surface area contributed by atoms with Crippen LogP contribution < -0.4 is 10.4 Å². The number of aryl methyl sites for hydroxylation is 2. The fourth-order valence-electron chi connectivity index (χ4n) is 4.55. The van der Waals surface area contributed by atoms with Crippen LogP contribution in [0.5, 0.6) is 0 Å². The Morgan fingerprint density at radius 2 is 1.00 bits per heavy atom. The van der Waals surface area contributed by atoms with Crippen LogP contribution in [0, 0.1) is 13.8 Å². The first-order chi connectivity index (χ1) is 9.45. The molecular formula is C18H24Si2. The van der Waals surface area contributed by atoms with Crippen molar-refractivity contribution < 1.29 is 0 Å². The van der Waals surface area contributed by atoms with E-state index in [0.717, 1.165) is 0 Å². The lowest BCUT2D eigenvalue weighted by molar-refractivity contribution is 1.35. The predicted octanol–water partition coefficient (Wildman–Crippen LogP) is 3.67. The lowest BCUT2D eigenvalue weighted by Gasteiger charge is -2.52. The zero-order valence-electron chi connectivity index (χ0n) is 13.0. The van der Waals surface area contributed by atoms with Gasteiger partial charge in [0, 0.05) is 0 Å². The van der Waals surface area contributed by atoms with Gasteiger partial charge in [-0.25, -0.2) is 0 Å². The van der Waals surface area contributed by atoms with Crippen molar-refractivity contribution in [2.24, 2.45) is 0 Å². The molecule has 20 heavy (non-hydrogen) atoms. The Morgan fingerprint density at radius 1 is 0.650 bits per heavy atom. The Kier molecular flexibility index (Phi) is 3.26. The molecule has 0 nitrogen and oxygen atoms in total. The maximum Gasteiger partial charge on any atom is 0.0795 e. The second-order valence-electron chi connectivity index (χ2n) is 7.10. The Hall–Kier alpha value is -1.13. The van der Waals surface area contributed by atoms with Gasteiger partial charge in [-0.05, 0) is 13.8 Å². The summed E-state index contributed by atoms with van der Waals surface area (Å²) in [5, 5.41) is 3.41. The minimum atomic E-state index is -1.20. The SMILES string of the molecule is Cc1ccccc1[Si]1(C)C[Si](C)(c2ccccc2C)C1. The van der Waals surface area contributed by atoms with E-state index in [2.05, 4.69) is 75.5 Å². The Morgan fingerprint density at radius 3 is 1.35 bits per heavy atom. The van der Waals surface area contributed by atoms with Crippen molar-refractivity contribution in [1.29, 1.82) is 0 Å². The van der Waals surface area contributed by atoms with E-state index in [1.807, 2.05) is 0 Å². The molecule has 0 aliphatic carbocycles. The summed E-state index contributed by atoms with van der Waals surface area (Å²) in [7, 11) is -2.39. The molecule has 0 unspecified atom stereocenters. The molecule has 0 radical (unpaired) electrons. The third-order valence-electron chi connectivity index (χ3n) is 5.15. The van der Waals surface area contributed by atoms with Gasteiger partial charge in [0.05, 0.1) is 16.1 Å². The van der Waals surface area contributed by atoms with Crippen molar-refractivity contribution in [2.75, 3.05) is 0 Å². The molecule has 2 aromatic rings. The van der Waals surface area contributed by atoms with E-state index in [1.165, 1.54) is 22.5 Å². The third kappa shape index (κ3) is 2.11. The number of hydrogen-bond acceptors (Lipinski definition) is 0. The Bertz CT molecular complexity index is 584. The van der Waals surface area contributed by atoms with Crippen molar-refractivity contribution in [2.45, 2.75) is 38.3 Å². The molecule has 0 atom stereocenters. The van der Waals surface area contributed by atoms with Crippen molar-refractivity contribution >= 4 is 26.5 Å². The summed E-state index contributed by atoms with van der Waals surface area (Å²) in [5.74, 6) is 0. The van der Waals surface area contributed by atoms with Crippen molar-refractivity contribution in [3.8, 4) is 0 Å². The summed E-state index contributed by atoms with van der Waals surface area (Å²) in [6, 6.07) is 18.2. The van der Waals surface area contributed by atoms with Crippen LogP contribution in [0.1, 0.15) is 11.1 Å². The van der Waals surface area contributed by atoms with E-state index >= 15 is 0 Å². The summed E-state index contributed by atoms with van der Waals surface area (Å²) >= 11 is 0. The predicted molar refractivity (Wildman–Crippen MR) is 94.5 cm³/mol. The van der Waals surface area contributed by atoms with Gasteiger partial charge in [-0.1, -0.05) is 94.5 Å². The van der Waals surface area contributed by atoms with E-state index in [9.17, 15) is 0 Å².